The van der Waals surface area contributed by atoms with Gasteiger partial charge in [-0.05, 0) is 19.1 Å². The third-order valence-electron chi connectivity index (χ3n) is 3.72. The molecule has 0 amide bonds. The van der Waals surface area contributed by atoms with Crippen LogP contribution in [0.1, 0.15) is 11.4 Å². The first-order valence-electron chi connectivity index (χ1n) is 7.22. The Hall–Kier alpha value is -1.92. The van der Waals surface area contributed by atoms with Crippen LogP contribution in [0, 0.1) is 6.92 Å². The van der Waals surface area contributed by atoms with Crippen LogP contribution in [0.4, 0.5) is 5.95 Å². The molecule has 6 nitrogen and oxygen atoms in total. The molecule has 7 heteroatoms. The van der Waals surface area contributed by atoms with Gasteiger partial charge >= 0.3 is 0 Å². The predicted octanol–water partition coefficient (Wildman–Crippen LogP) is 1.86. The number of pyridine rings is 1. The van der Waals surface area contributed by atoms with Crippen molar-refractivity contribution in [3.8, 4) is 5.75 Å². The Bertz CT molecular complexity index is 641. The summed E-state index contributed by atoms with van der Waals surface area (Å²) in [4.78, 5) is 17.3. The third kappa shape index (κ3) is 3.45. The maximum Gasteiger partial charge on any atom is 0.225 e. The van der Waals surface area contributed by atoms with Crippen LogP contribution >= 0.6 is 11.6 Å². The maximum atomic E-state index is 9.89. The van der Waals surface area contributed by atoms with Gasteiger partial charge in [0, 0.05) is 38.4 Å². The zero-order chi connectivity index (χ0) is 15.5. The Morgan fingerprint density at radius 2 is 1.82 bits per heavy atom. The molecule has 2 aromatic rings. The van der Waals surface area contributed by atoms with Crippen molar-refractivity contribution in [2.75, 3.05) is 31.1 Å². The fourth-order valence-corrected chi connectivity index (χ4v) is 2.60. The van der Waals surface area contributed by atoms with Gasteiger partial charge in [-0.25, -0.2) is 9.97 Å². The van der Waals surface area contributed by atoms with E-state index >= 15 is 0 Å². The van der Waals surface area contributed by atoms with Crippen LogP contribution < -0.4 is 4.90 Å². The average Bonchev–Trinajstić information content (AvgIpc) is 2.53. The van der Waals surface area contributed by atoms with Gasteiger partial charge in [0.05, 0.1) is 23.1 Å². The molecule has 0 saturated carbocycles. The highest BCUT2D eigenvalue weighted by molar-refractivity contribution is 6.30. The summed E-state index contributed by atoms with van der Waals surface area (Å²) < 4.78 is 0. The second-order valence-electron chi connectivity index (χ2n) is 5.38. The van der Waals surface area contributed by atoms with Crippen LogP contribution in [0.2, 0.25) is 5.02 Å². The standard InChI is InChI=1S/C15H18ClN5O/c1-11-2-3-14(22)13(19-11)10-20-4-6-21(7-5-20)15-17-8-12(16)9-18-15/h2-3,8-9,22H,4-7,10H2,1H3. The molecule has 1 fully saturated rings. The first-order valence-corrected chi connectivity index (χ1v) is 7.60. The van der Waals surface area contributed by atoms with E-state index in [1.165, 1.54) is 0 Å². The summed E-state index contributed by atoms with van der Waals surface area (Å²) in [5.74, 6) is 0.967. The van der Waals surface area contributed by atoms with Crippen LogP contribution in [0.25, 0.3) is 0 Å². The maximum absolute atomic E-state index is 9.89. The second kappa shape index (κ2) is 6.46. The van der Waals surface area contributed by atoms with Crippen molar-refractivity contribution in [2.24, 2.45) is 0 Å². The zero-order valence-corrected chi connectivity index (χ0v) is 13.2. The molecule has 0 aromatic carbocycles. The van der Waals surface area contributed by atoms with Gasteiger partial charge in [-0.2, -0.15) is 0 Å². The lowest BCUT2D eigenvalue weighted by Crippen LogP contribution is -2.46. The van der Waals surface area contributed by atoms with Crippen LogP contribution in [0.15, 0.2) is 24.5 Å². The van der Waals surface area contributed by atoms with E-state index in [2.05, 4.69) is 24.8 Å². The fourth-order valence-electron chi connectivity index (χ4n) is 2.51. The van der Waals surface area contributed by atoms with Crippen LogP contribution in [0.5, 0.6) is 5.75 Å². The number of hydrogen-bond acceptors (Lipinski definition) is 6. The number of hydrogen-bond donors (Lipinski definition) is 1. The van der Waals surface area contributed by atoms with Crippen molar-refractivity contribution in [1.29, 1.82) is 0 Å². The number of nitrogens with zero attached hydrogens (tertiary/aromatic N) is 5. The SMILES string of the molecule is Cc1ccc(O)c(CN2CCN(c3ncc(Cl)cn3)CC2)n1. The van der Waals surface area contributed by atoms with Crippen molar-refractivity contribution < 1.29 is 5.11 Å². The van der Waals surface area contributed by atoms with Gasteiger partial charge in [-0.1, -0.05) is 11.6 Å². The summed E-state index contributed by atoms with van der Waals surface area (Å²) >= 11 is 5.81. The van der Waals surface area contributed by atoms with Crippen molar-refractivity contribution >= 4 is 17.5 Å². The molecule has 1 aliphatic rings. The number of anilines is 1. The number of aryl methyl sites for hydroxylation is 1. The van der Waals surface area contributed by atoms with Crippen LogP contribution in [0.3, 0.4) is 0 Å². The molecule has 0 radical (unpaired) electrons. The molecule has 1 aliphatic heterocycles. The zero-order valence-electron chi connectivity index (χ0n) is 12.4. The number of aromatic hydroxyl groups is 1. The Kier molecular flexibility index (Phi) is 4.40. The van der Waals surface area contributed by atoms with Gasteiger partial charge in [0.2, 0.25) is 5.95 Å². The lowest BCUT2D eigenvalue weighted by Gasteiger charge is -2.34. The Morgan fingerprint density at radius 1 is 1.14 bits per heavy atom. The number of rotatable bonds is 3. The third-order valence-corrected chi connectivity index (χ3v) is 3.92. The van der Waals surface area contributed by atoms with Gasteiger partial charge in [-0.15, -0.1) is 0 Å². The number of halogens is 1. The molecule has 0 unspecified atom stereocenters. The van der Waals surface area contributed by atoms with Gasteiger partial charge in [0.25, 0.3) is 0 Å². The van der Waals surface area contributed by atoms with Crippen LogP contribution in [-0.4, -0.2) is 51.1 Å². The predicted molar refractivity (Wildman–Crippen MR) is 85.2 cm³/mol. The summed E-state index contributed by atoms with van der Waals surface area (Å²) in [6, 6.07) is 3.52. The summed E-state index contributed by atoms with van der Waals surface area (Å²) in [6.07, 6.45) is 3.23. The normalized spacial score (nSPS) is 16.0. The molecule has 2 aromatic heterocycles. The monoisotopic (exact) mass is 319 g/mol. The smallest absolute Gasteiger partial charge is 0.225 e. The fraction of sp³-hybridized carbons (Fsp3) is 0.400. The molecule has 0 aliphatic carbocycles. The minimum absolute atomic E-state index is 0.258. The van der Waals surface area contributed by atoms with E-state index in [1.54, 1.807) is 18.5 Å². The Labute approximate surface area is 134 Å². The Morgan fingerprint density at radius 3 is 2.50 bits per heavy atom. The van der Waals surface area contributed by atoms with E-state index < -0.39 is 0 Å². The van der Waals surface area contributed by atoms with Crippen molar-refractivity contribution in [3.63, 3.8) is 0 Å². The molecule has 116 valence electrons. The summed E-state index contributed by atoms with van der Waals surface area (Å²) in [7, 11) is 0. The van der Waals surface area contributed by atoms with Gasteiger partial charge < -0.3 is 10.0 Å². The first-order chi connectivity index (χ1) is 10.6. The Balaban J connectivity index is 1.60. The van der Waals surface area contributed by atoms with E-state index in [0.29, 0.717) is 17.5 Å². The molecule has 0 spiro atoms. The number of piperazine rings is 1. The molecule has 1 N–H and O–H groups in total. The molecule has 0 atom stereocenters. The molecule has 1 saturated heterocycles. The number of aromatic nitrogens is 3. The lowest BCUT2D eigenvalue weighted by atomic mass is 10.2. The molecule has 0 bridgehead atoms. The first kappa shape index (κ1) is 15.0. The highest BCUT2D eigenvalue weighted by Gasteiger charge is 2.20. The summed E-state index contributed by atoms with van der Waals surface area (Å²) in [5, 5.41) is 10.4. The van der Waals surface area contributed by atoms with Crippen molar-refractivity contribution in [3.05, 3.63) is 40.9 Å². The van der Waals surface area contributed by atoms with Crippen molar-refractivity contribution in [1.82, 2.24) is 19.9 Å². The molecule has 22 heavy (non-hydrogen) atoms. The minimum atomic E-state index is 0.258. The molecular formula is C15H18ClN5O. The van der Waals surface area contributed by atoms with Crippen LogP contribution in [-0.2, 0) is 6.54 Å². The van der Waals surface area contributed by atoms with Crippen molar-refractivity contribution in [2.45, 2.75) is 13.5 Å². The summed E-state index contributed by atoms with van der Waals surface area (Å²) in [6.45, 7) is 6.02. The van der Waals surface area contributed by atoms with E-state index in [4.69, 9.17) is 11.6 Å². The van der Waals surface area contributed by atoms with E-state index in [-0.39, 0.29) is 5.75 Å². The molecule has 3 rings (SSSR count). The largest absolute Gasteiger partial charge is 0.506 e. The van der Waals surface area contributed by atoms with E-state index in [0.717, 1.165) is 37.6 Å². The van der Waals surface area contributed by atoms with E-state index in [1.807, 2.05) is 13.0 Å². The lowest BCUT2D eigenvalue weighted by molar-refractivity contribution is 0.242. The van der Waals surface area contributed by atoms with E-state index in [9.17, 15) is 5.11 Å². The summed E-state index contributed by atoms with van der Waals surface area (Å²) in [5.41, 5.74) is 1.65. The average molecular weight is 320 g/mol. The minimum Gasteiger partial charge on any atom is -0.506 e. The quantitative estimate of drug-likeness (QED) is 0.931. The van der Waals surface area contributed by atoms with Gasteiger partial charge in [0.15, 0.2) is 0 Å². The van der Waals surface area contributed by atoms with Gasteiger partial charge in [0.1, 0.15) is 5.75 Å². The van der Waals surface area contributed by atoms with Gasteiger partial charge in [-0.3, -0.25) is 9.88 Å². The topological polar surface area (TPSA) is 65.4 Å². The highest BCUT2D eigenvalue weighted by Crippen LogP contribution is 2.19. The second-order valence-corrected chi connectivity index (χ2v) is 5.82. The molecular weight excluding hydrogens is 302 g/mol. The highest BCUT2D eigenvalue weighted by atomic mass is 35.5. The molecule has 3 heterocycles.